The molecule has 0 aromatic heterocycles. The summed E-state index contributed by atoms with van der Waals surface area (Å²) >= 11 is 0. The predicted octanol–water partition coefficient (Wildman–Crippen LogP) is 2.52. The molecule has 0 spiro atoms. The Balaban J connectivity index is 1.43. The predicted molar refractivity (Wildman–Crippen MR) is 103 cm³/mol. The van der Waals surface area contributed by atoms with Crippen molar-refractivity contribution >= 4 is 0 Å². The topological polar surface area (TPSA) is 35.9 Å². The van der Waals surface area contributed by atoms with Gasteiger partial charge in [-0.3, -0.25) is 9.80 Å². The molecule has 0 bridgehead atoms. The standard InChI is InChI=1S/C22H28N2O2/c25-22(17-26-18-22)16-23-12-11-21(15-23)24(13-19-7-3-1-4-8-19)14-20-9-5-2-6-10-20/h1-10,21,25H,11-18H2. The smallest absolute Gasteiger partial charge is 0.124 e. The highest BCUT2D eigenvalue weighted by Gasteiger charge is 2.40. The van der Waals surface area contributed by atoms with Crippen LogP contribution in [0.1, 0.15) is 17.5 Å². The maximum atomic E-state index is 10.4. The first kappa shape index (κ1) is 17.7. The molecule has 2 aromatic carbocycles. The number of rotatable bonds is 7. The van der Waals surface area contributed by atoms with Gasteiger partial charge < -0.3 is 9.84 Å². The molecule has 2 heterocycles. The number of benzene rings is 2. The van der Waals surface area contributed by atoms with Crippen molar-refractivity contribution in [3.05, 3.63) is 71.8 Å². The molecular weight excluding hydrogens is 324 g/mol. The summed E-state index contributed by atoms with van der Waals surface area (Å²) < 4.78 is 5.19. The maximum Gasteiger partial charge on any atom is 0.124 e. The highest BCUT2D eigenvalue weighted by atomic mass is 16.5. The van der Waals surface area contributed by atoms with E-state index in [9.17, 15) is 5.11 Å². The molecule has 26 heavy (non-hydrogen) atoms. The Labute approximate surface area is 156 Å². The second-order valence-electron chi connectivity index (χ2n) is 7.77. The van der Waals surface area contributed by atoms with E-state index < -0.39 is 5.60 Å². The Kier molecular flexibility index (Phi) is 5.36. The van der Waals surface area contributed by atoms with Crippen LogP contribution in [0.4, 0.5) is 0 Å². The van der Waals surface area contributed by atoms with Gasteiger partial charge in [0, 0.05) is 32.2 Å². The fourth-order valence-corrected chi connectivity index (χ4v) is 4.05. The van der Waals surface area contributed by atoms with Crippen molar-refractivity contribution in [3.63, 3.8) is 0 Å². The van der Waals surface area contributed by atoms with Crippen molar-refractivity contribution in [1.29, 1.82) is 0 Å². The molecule has 138 valence electrons. The first-order valence-corrected chi connectivity index (χ1v) is 9.55. The van der Waals surface area contributed by atoms with Crippen LogP contribution < -0.4 is 0 Å². The normalized spacial score (nSPS) is 22.5. The van der Waals surface area contributed by atoms with Gasteiger partial charge in [-0.1, -0.05) is 60.7 Å². The van der Waals surface area contributed by atoms with Gasteiger partial charge in [0.05, 0.1) is 13.2 Å². The lowest BCUT2D eigenvalue weighted by Crippen LogP contribution is -2.56. The van der Waals surface area contributed by atoms with Crippen molar-refractivity contribution in [2.45, 2.75) is 31.2 Å². The zero-order chi connectivity index (χ0) is 17.8. The van der Waals surface area contributed by atoms with Gasteiger partial charge in [0.2, 0.25) is 0 Å². The molecule has 1 N–H and O–H groups in total. The summed E-state index contributed by atoms with van der Waals surface area (Å²) in [6, 6.07) is 21.9. The van der Waals surface area contributed by atoms with E-state index in [1.807, 2.05) is 0 Å². The molecule has 2 saturated heterocycles. The van der Waals surface area contributed by atoms with E-state index in [2.05, 4.69) is 70.5 Å². The van der Waals surface area contributed by atoms with E-state index in [1.54, 1.807) is 0 Å². The van der Waals surface area contributed by atoms with Crippen LogP contribution in [-0.4, -0.2) is 59.4 Å². The van der Waals surface area contributed by atoms with Crippen LogP contribution in [0.25, 0.3) is 0 Å². The van der Waals surface area contributed by atoms with Crippen molar-refractivity contribution < 1.29 is 9.84 Å². The minimum atomic E-state index is -0.626. The Bertz CT molecular complexity index is 646. The van der Waals surface area contributed by atoms with Crippen LogP contribution in [-0.2, 0) is 17.8 Å². The molecule has 0 amide bonds. The summed E-state index contributed by atoms with van der Waals surface area (Å²) in [6.07, 6.45) is 1.15. The van der Waals surface area contributed by atoms with Crippen LogP contribution in [0.15, 0.2) is 60.7 Å². The van der Waals surface area contributed by atoms with E-state index in [1.165, 1.54) is 11.1 Å². The molecule has 2 aliphatic heterocycles. The maximum absolute atomic E-state index is 10.4. The summed E-state index contributed by atoms with van der Waals surface area (Å²) in [4.78, 5) is 4.99. The SMILES string of the molecule is OC1(CN2CCC(N(Cc3ccccc3)Cc3ccccc3)C2)COC1. The number of ether oxygens (including phenoxy) is 1. The van der Waals surface area contributed by atoms with E-state index in [0.29, 0.717) is 19.3 Å². The fraction of sp³-hybridized carbons (Fsp3) is 0.455. The largest absolute Gasteiger partial charge is 0.384 e. The summed E-state index contributed by atoms with van der Waals surface area (Å²) in [5.41, 5.74) is 2.08. The minimum absolute atomic E-state index is 0.478. The number of β-amino-alcohol motifs (C(OH)–C–C–N with tert-alkyl or cyclic N) is 1. The molecule has 4 heteroatoms. The second kappa shape index (κ2) is 7.89. The third-order valence-electron chi connectivity index (χ3n) is 5.48. The Morgan fingerprint density at radius 3 is 2.04 bits per heavy atom. The van der Waals surface area contributed by atoms with Gasteiger partial charge in [-0.25, -0.2) is 0 Å². The van der Waals surface area contributed by atoms with E-state index in [4.69, 9.17) is 4.74 Å². The van der Waals surface area contributed by atoms with Gasteiger partial charge >= 0.3 is 0 Å². The Hall–Kier alpha value is -1.72. The van der Waals surface area contributed by atoms with E-state index >= 15 is 0 Å². The first-order chi connectivity index (χ1) is 12.7. The lowest BCUT2D eigenvalue weighted by molar-refractivity contribution is -0.186. The molecule has 1 unspecified atom stereocenters. The van der Waals surface area contributed by atoms with Gasteiger partial charge in [-0.2, -0.15) is 0 Å². The molecule has 0 aliphatic carbocycles. The second-order valence-corrected chi connectivity index (χ2v) is 7.77. The number of likely N-dealkylation sites (tertiary alicyclic amines) is 1. The van der Waals surface area contributed by atoms with E-state index in [-0.39, 0.29) is 0 Å². The van der Waals surface area contributed by atoms with Crippen molar-refractivity contribution in [3.8, 4) is 0 Å². The third kappa shape index (κ3) is 4.33. The van der Waals surface area contributed by atoms with Gasteiger partial charge in [-0.05, 0) is 24.1 Å². The number of hydrogen-bond acceptors (Lipinski definition) is 4. The minimum Gasteiger partial charge on any atom is -0.384 e. The summed E-state index contributed by atoms with van der Waals surface area (Å²) in [5, 5.41) is 10.4. The van der Waals surface area contributed by atoms with E-state index in [0.717, 1.165) is 39.1 Å². The average molecular weight is 352 g/mol. The molecule has 0 saturated carbocycles. The zero-order valence-electron chi connectivity index (χ0n) is 15.3. The lowest BCUT2D eigenvalue weighted by atomic mass is 10.0. The highest BCUT2D eigenvalue weighted by Crippen LogP contribution is 2.24. The lowest BCUT2D eigenvalue weighted by Gasteiger charge is -2.39. The monoisotopic (exact) mass is 352 g/mol. The van der Waals surface area contributed by atoms with Crippen LogP contribution in [0, 0.1) is 0 Å². The summed E-state index contributed by atoms with van der Waals surface area (Å²) in [7, 11) is 0. The Morgan fingerprint density at radius 1 is 0.962 bits per heavy atom. The summed E-state index contributed by atoms with van der Waals surface area (Å²) in [5.74, 6) is 0. The van der Waals surface area contributed by atoms with Crippen LogP contribution in [0.2, 0.25) is 0 Å². The molecular formula is C22H28N2O2. The van der Waals surface area contributed by atoms with Gasteiger partial charge in [0.25, 0.3) is 0 Å². The molecule has 2 fully saturated rings. The molecule has 4 rings (SSSR count). The summed E-state index contributed by atoms with van der Waals surface area (Å²) in [6.45, 7) is 5.67. The molecule has 4 nitrogen and oxygen atoms in total. The molecule has 1 atom stereocenters. The van der Waals surface area contributed by atoms with Gasteiger partial charge in [0.1, 0.15) is 5.60 Å². The highest BCUT2D eigenvalue weighted by molar-refractivity contribution is 5.17. The molecule has 0 radical (unpaired) electrons. The number of nitrogens with zero attached hydrogens (tertiary/aromatic N) is 2. The van der Waals surface area contributed by atoms with Gasteiger partial charge in [-0.15, -0.1) is 0 Å². The fourth-order valence-electron chi connectivity index (χ4n) is 4.05. The van der Waals surface area contributed by atoms with Crippen LogP contribution in [0.5, 0.6) is 0 Å². The van der Waals surface area contributed by atoms with Gasteiger partial charge in [0.15, 0.2) is 0 Å². The van der Waals surface area contributed by atoms with Crippen LogP contribution >= 0.6 is 0 Å². The van der Waals surface area contributed by atoms with Crippen molar-refractivity contribution in [2.24, 2.45) is 0 Å². The molecule has 2 aliphatic rings. The van der Waals surface area contributed by atoms with Crippen LogP contribution in [0.3, 0.4) is 0 Å². The van der Waals surface area contributed by atoms with Crippen molar-refractivity contribution in [2.75, 3.05) is 32.8 Å². The first-order valence-electron chi connectivity index (χ1n) is 9.55. The van der Waals surface area contributed by atoms with Crippen molar-refractivity contribution in [1.82, 2.24) is 9.80 Å². The zero-order valence-corrected chi connectivity index (χ0v) is 15.3. The molecule has 2 aromatic rings. The Morgan fingerprint density at radius 2 is 1.54 bits per heavy atom. The quantitative estimate of drug-likeness (QED) is 0.831. The third-order valence-corrected chi connectivity index (χ3v) is 5.48. The average Bonchev–Trinajstić information content (AvgIpc) is 3.10. The number of aliphatic hydroxyl groups is 1. The number of hydrogen-bond donors (Lipinski definition) is 1.